The van der Waals surface area contributed by atoms with Gasteiger partial charge in [-0.05, 0) is 25.2 Å². The summed E-state index contributed by atoms with van der Waals surface area (Å²) in [6.45, 7) is 6.71. The fraction of sp³-hybridized carbons (Fsp3) is 0.471. The van der Waals surface area contributed by atoms with Crippen LogP contribution in [0.25, 0.3) is 0 Å². The van der Waals surface area contributed by atoms with Gasteiger partial charge in [0.05, 0.1) is 11.5 Å². The van der Waals surface area contributed by atoms with Crippen LogP contribution in [0.5, 0.6) is 0 Å². The van der Waals surface area contributed by atoms with Gasteiger partial charge in [-0.3, -0.25) is 4.79 Å². The first-order valence-corrected chi connectivity index (χ1v) is 7.21. The molecular weight excluding hydrogens is 312 g/mol. The highest BCUT2D eigenvalue weighted by Gasteiger charge is 2.61. The molecular formula is C17H18F4O2. The molecule has 1 aliphatic rings. The monoisotopic (exact) mass is 330 g/mol. The molecule has 126 valence electrons. The number of esters is 1. The summed E-state index contributed by atoms with van der Waals surface area (Å²) in [6, 6.07) is 0.116. The summed E-state index contributed by atoms with van der Waals surface area (Å²) in [5, 5.41) is 0. The molecule has 0 aliphatic heterocycles. The Hall–Kier alpha value is -1.85. The van der Waals surface area contributed by atoms with E-state index >= 15 is 0 Å². The lowest BCUT2D eigenvalue weighted by Crippen LogP contribution is -2.13. The zero-order chi connectivity index (χ0) is 17.5. The maximum absolute atomic E-state index is 13.5. The van der Waals surface area contributed by atoms with Crippen molar-refractivity contribution < 1.29 is 27.1 Å². The lowest BCUT2D eigenvalue weighted by atomic mass is 10.1. The van der Waals surface area contributed by atoms with E-state index in [2.05, 4.69) is 0 Å². The summed E-state index contributed by atoms with van der Waals surface area (Å²) >= 11 is 0. The Morgan fingerprint density at radius 1 is 1.17 bits per heavy atom. The zero-order valence-electron chi connectivity index (χ0n) is 13.3. The Kier molecular flexibility index (Phi) is 4.55. The number of hydrogen-bond donors (Lipinski definition) is 0. The Morgan fingerprint density at radius 2 is 1.70 bits per heavy atom. The Labute approximate surface area is 132 Å². The van der Waals surface area contributed by atoms with Crippen LogP contribution in [-0.2, 0) is 16.1 Å². The van der Waals surface area contributed by atoms with E-state index in [4.69, 9.17) is 4.74 Å². The minimum atomic E-state index is -1.55. The van der Waals surface area contributed by atoms with Crippen molar-refractivity contribution in [3.8, 4) is 0 Å². The third kappa shape index (κ3) is 3.26. The summed E-state index contributed by atoms with van der Waals surface area (Å²) in [7, 11) is 0. The van der Waals surface area contributed by atoms with E-state index in [1.807, 2.05) is 33.8 Å². The van der Waals surface area contributed by atoms with Gasteiger partial charge in [-0.1, -0.05) is 25.5 Å². The summed E-state index contributed by atoms with van der Waals surface area (Å²) in [5.41, 5.74) is -0.200. The van der Waals surface area contributed by atoms with Crippen LogP contribution in [0.15, 0.2) is 17.7 Å². The van der Waals surface area contributed by atoms with Crippen molar-refractivity contribution in [3.05, 3.63) is 46.5 Å². The average Bonchev–Trinajstić information content (AvgIpc) is 2.96. The van der Waals surface area contributed by atoms with Gasteiger partial charge in [-0.15, -0.1) is 0 Å². The second kappa shape index (κ2) is 5.98. The largest absolute Gasteiger partial charge is 0.460 e. The zero-order valence-corrected chi connectivity index (χ0v) is 13.3. The first-order chi connectivity index (χ1) is 10.6. The van der Waals surface area contributed by atoms with Crippen LogP contribution in [0.2, 0.25) is 0 Å². The predicted octanol–water partition coefficient (Wildman–Crippen LogP) is 4.52. The molecule has 23 heavy (non-hydrogen) atoms. The summed E-state index contributed by atoms with van der Waals surface area (Å²) in [4.78, 5) is 12.1. The molecule has 0 radical (unpaired) electrons. The summed E-state index contributed by atoms with van der Waals surface area (Å²) in [5.74, 6) is -7.25. The van der Waals surface area contributed by atoms with Gasteiger partial charge in [0.15, 0.2) is 23.3 Å². The number of benzene rings is 1. The highest BCUT2D eigenvalue weighted by molar-refractivity contribution is 5.78. The molecule has 1 aliphatic carbocycles. The van der Waals surface area contributed by atoms with E-state index in [1.165, 1.54) is 0 Å². The molecule has 2 nitrogen and oxygen atoms in total. The molecule has 0 bridgehead atoms. The smallest absolute Gasteiger partial charge is 0.310 e. The third-order valence-electron chi connectivity index (χ3n) is 4.24. The minimum Gasteiger partial charge on any atom is -0.460 e. The second-order valence-electron chi connectivity index (χ2n) is 6.62. The Bertz CT molecular complexity index is 649. The first-order valence-electron chi connectivity index (χ1n) is 7.21. The van der Waals surface area contributed by atoms with Gasteiger partial charge in [0, 0.05) is 6.07 Å². The van der Waals surface area contributed by atoms with E-state index < -0.39 is 47.3 Å². The maximum Gasteiger partial charge on any atom is 0.310 e. The number of ether oxygens (including phenoxy) is 1. The van der Waals surface area contributed by atoms with Gasteiger partial charge in [0.1, 0.15) is 6.61 Å². The molecule has 2 rings (SSSR count). The number of hydrogen-bond acceptors (Lipinski definition) is 2. The molecule has 0 heterocycles. The number of allylic oxidation sites excluding steroid dienone is 2. The van der Waals surface area contributed by atoms with Gasteiger partial charge < -0.3 is 4.74 Å². The fourth-order valence-electron chi connectivity index (χ4n) is 2.78. The van der Waals surface area contributed by atoms with Crippen LogP contribution in [-0.4, -0.2) is 5.97 Å². The van der Waals surface area contributed by atoms with Gasteiger partial charge >= 0.3 is 5.97 Å². The van der Waals surface area contributed by atoms with Gasteiger partial charge in [0.25, 0.3) is 0 Å². The van der Waals surface area contributed by atoms with E-state index in [0.717, 1.165) is 5.57 Å². The molecule has 0 aromatic heterocycles. The molecule has 0 amide bonds. The van der Waals surface area contributed by atoms with Crippen LogP contribution in [0, 0.1) is 40.5 Å². The number of carbonyl (C=O) groups is 1. The highest BCUT2D eigenvalue weighted by Crippen LogP contribution is 2.59. The van der Waals surface area contributed by atoms with Crippen molar-refractivity contribution in [2.75, 3.05) is 0 Å². The molecule has 2 unspecified atom stereocenters. The molecule has 0 saturated heterocycles. The maximum atomic E-state index is 13.5. The highest BCUT2D eigenvalue weighted by atomic mass is 19.2. The van der Waals surface area contributed by atoms with Crippen molar-refractivity contribution in [3.63, 3.8) is 0 Å². The standard InChI is InChI=1S/C17H18F4O2/c1-8(2)5-10-13(17(10,3)4)16(22)23-7-9-14(20)11(18)6-12(19)15(9)21/h5-6,10,13H,7H2,1-4H3. The van der Waals surface area contributed by atoms with Gasteiger partial charge in [-0.2, -0.15) is 0 Å². The molecule has 0 N–H and O–H groups in total. The number of rotatable bonds is 4. The van der Waals surface area contributed by atoms with E-state index in [9.17, 15) is 22.4 Å². The van der Waals surface area contributed by atoms with Crippen molar-refractivity contribution in [1.29, 1.82) is 0 Å². The Balaban J connectivity index is 2.11. The average molecular weight is 330 g/mol. The summed E-state index contributed by atoms with van der Waals surface area (Å²) in [6.07, 6.45) is 1.94. The molecule has 1 saturated carbocycles. The van der Waals surface area contributed by atoms with Crippen LogP contribution >= 0.6 is 0 Å². The van der Waals surface area contributed by atoms with Crippen molar-refractivity contribution in [1.82, 2.24) is 0 Å². The van der Waals surface area contributed by atoms with Crippen LogP contribution in [0.4, 0.5) is 17.6 Å². The molecule has 2 atom stereocenters. The van der Waals surface area contributed by atoms with Crippen molar-refractivity contribution >= 4 is 5.97 Å². The molecule has 0 spiro atoms. The number of carbonyl (C=O) groups excluding carboxylic acids is 1. The normalized spacial score (nSPS) is 21.7. The molecule has 6 heteroatoms. The second-order valence-corrected chi connectivity index (χ2v) is 6.62. The quantitative estimate of drug-likeness (QED) is 0.351. The minimum absolute atomic E-state index is 0.0288. The van der Waals surface area contributed by atoms with Crippen LogP contribution in [0.3, 0.4) is 0 Å². The molecule has 1 aromatic carbocycles. The third-order valence-corrected chi connectivity index (χ3v) is 4.24. The lowest BCUT2D eigenvalue weighted by Gasteiger charge is -2.09. The van der Waals surface area contributed by atoms with E-state index in [-0.39, 0.29) is 17.4 Å². The fourth-order valence-corrected chi connectivity index (χ4v) is 2.78. The van der Waals surface area contributed by atoms with Gasteiger partial charge in [0.2, 0.25) is 0 Å². The topological polar surface area (TPSA) is 26.3 Å². The van der Waals surface area contributed by atoms with Crippen molar-refractivity contribution in [2.45, 2.75) is 34.3 Å². The summed E-state index contributed by atoms with van der Waals surface area (Å²) < 4.78 is 58.2. The predicted molar refractivity (Wildman–Crippen MR) is 76.3 cm³/mol. The SMILES string of the molecule is CC(C)=CC1C(C(=O)OCc2c(F)c(F)cc(F)c2F)C1(C)C. The molecule has 1 fully saturated rings. The van der Waals surface area contributed by atoms with E-state index in [0.29, 0.717) is 0 Å². The lowest BCUT2D eigenvalue weighted by molar-refractivity contribution is -0.147. The van der Waals surface area contributed by atoms with E-state index in [1.54, 1.807) is 0 Å². The first kappa shape index (κ1) is 17.5. The van der Waals surface area contributed by atoms with Crippen LogP contribution in [0.1, 0.15) is 33.3 Å². The Morgan fingerprint density at radius 3 is 2.17 bits per heavy atom. The number of halogens is 4. The van der Waals surface area contributed by atoms with Gasteiger partial charge in [-0.25, -0.2) is 17.6 Å². The van der Waals surface area contributed by atoms with Crippen LogP contribution < -0.4 is 0 Å². The molecule has 1 aromatic rings. The van der Waals surface area contributed by atoms with Crippen molar-refractivity contribution in [2.24, 2.45) is 17.3 Å².